The topological polar surface area (TPSA) is 88.2 Å². The maximum absolute atomic E-state index is 12.6. The van der Waals surface area contributed by atoms with Crippen molar-refractivity contribution in [3.8, 4) is 0 Å². The molecule has 0 aliphatic rings. The van der Waals surface area contributed by atoms with Gasteiger partial charge in [0.15, 0.2) is 5.78 Å². The van der Waals surface area contributed by atoms with Gasteiger partial charge in [0.1, 0.15) is 0 Å². The van der Waals surface area contributed by atoms with Gasteiger partial charge in [0.2, 0.25) is 10.0 Å². The molecule has 29 heavy (non-hydrogen) atoms. The van der Waals surface area contributed by atoms with Gasteiger partial charge in [0.25, 0.3) is 0 Å². The number of benzene rings is 2. The van der Waals surface area contributed by atoms with Gasteiger partial charge in [-0.3, -0.25) is 9.78 Å². The lowest BCUT2D eigenvalue weighted by molar-refractivity contribution is 0.0991. The molecule has 1 aromatic heterocycles. The number of hydrogen-bond acceptors (Lipinski definition) is 5. The van der Waals surface area contributed by atoms with Crippen LogP contribution in [0.3, 0.4) is 0 Å². The number of carbonyl (C=O) groups excluding carboxylic acids is 1. The smallest absolute Gasteiger partial charge is 0.240 e. The first-order chi connectivity index (χ1) is 13.0. The molecule has 0 bridgehead atoms. The van der Waals surface area contributed by atoms with E-state index < -0.39 is 10.0 Å². The third kappa shape index (κ3) is 6.76. The highest BCUT2D eigenvalue weighted by atomic mass is 35.5. The second kappa shape index (κ2) is 11.2. The molecule has 0 spiro atoms. The molecule has 2 aromatic carbocycles. The summed E-state index contributed by atoms with van der Waals surface area (Å²) in [4.78, 5) is 16.3. The van der Waals surface area contributed by atoms with Crippen LogP contribution in [0.5, 0.6) is 0 Å². The molecule has 0 radical (unpaired) electrons. The van der Waals surface area contributed by atoms with Crippen LogP contribution < -0.4 is 10.0 Å². The third-order valence-electron chi connectivity index (χ3n) is 4.11. The summed E-state index contributed by atoms with van der Waals surface area (Å²) < 4.78 is 27.8. The maximum Gasteiger partial charge on any atom is 0.240 e. The van der Waals surface area contributed by atoms with Gasteiger partial charge in [-0.1, -0.05) is 36.4 Å². The first-order valence-electron chi connectivity index (χ1n) is 8.61. The second-order valence-electron chi connectivity index (χ2n) is 6.33. The largest absolute Gasteiger partial charge is 0.308 e. The number of Topliss-reactive ketones (excluding diaryl/α,β-unsaturated/α-hetero) is 1. The van der Waals surface area contributed by atoms with Crippen molar-refractivity contribution in [2.75, 3.05) is 13.1 Å². The molecule has 0 unspecified atom stereocenters. The molecule has 3 aromatic rings. The minimum absolute atomic E-state index is 0. The highest BCUT2D eigenvalue weighted by molar-refractivity contribution is 7.89. The Morgan fingerprint density at radius 3 is 2.48 bits per heavy atom. The molecule has 0 aliphatic carbocycles. The van der Waals surface area contributed by atoms with E-state index in [1.165, 1.54) is 0 Å². The van der Waals surface area contributed by atoms with Crippen LogP contribution in [-0.2, 0) is 10.0 Å². The van der Waals surface area contributed by atoms with Crippen molar-refractivity contribution in [3.05, 3.63) is 72.6 Å². The summed E-state index contributed by atoms with van der Waals surface area (Å²) >= 11 is 0. The van der Waals surface area contributed by atoms with Crippen molar-refractivity contribution in [3.63, 3.8) is 0 Å². The van der Waals surface area contributed by atoms with Gasteiger partial charge >= 0.3 is 0 Å². The van der Waals surface area contributed by atoms with Crippen LogP contribution in [-0.4, -0.2) is 38.3 Å². The van der Waals surface area contributed by atoms with Gasteiger partial charge in [-0.05, 0) is 30.5 Å². The standard InChI is InChI=1S/C20H21N3O3S.2ClH/c1-15(12-22-14-20(24)16-5-3-2-4-6-16)23-27(25,26)19-8-7-18-13-21-10-9-17(18)11-19;;/h2-11,13,15,22-23H,12,14H2,1H3;2*1H/t15-;;/m1../s1. The van der Waals surface area contributed by atoms with Crippen LogP contribution in [0.15, 0.2) is 71.9 Å². The Balaban J connectivity index is 0.00000210. The predicted octanol–water partition coefficient (Wildman–Crippen LogP) is 3.22. The van der Waals surface area contributed by atoms with Crippen molar-refractivity contribution < 1.29 is 13.2 Å². The van der Waals surface area contributed by atoms with E-state index in [-0.39, 0.29) is 48.1 Å². The van der Waals surface area contributed by atoms with E-state index in [0.29, 0.717) is 12.1 Å². The molecule has 1 heterocycles. The maximum atomic E-state index is 12.6. The number of nitrogens with zero attached hydrogens (tertiary/aromatic N) is 1. The molecule has 0 saturated carbocycles. The van der Waals surface area contributed by atoms with Gasteiger partial charge in [0, 0.05) is 35.9 Å². The summed E-state index contributed by atoms with van der Waals surface area (Å²) in [5.74, 6) is -0.0335. The number of nitrogens with one attached hydrogen (secondary N) is 2. The van der Waals surface area contributed by atoms with Crippen molar-refractivity contribution in [2.45, 2.75) is 17.9 Å². The number of hydrogen-bond donors (Lipinski definition) is 2. The van der Waals surface area contributed by atoms with E-state index in [0.717, 1.165) is 10.8 Å². The van der Waals surface area contributed by atoms with Crippen molar-refractivity contribution >= 4 is 51.4 Å². The van der Waals surface area contributed by atoms with E-state index in [9.17, 15) is 13.2 Å². The molecule has 0 saturated heterocycles. The SMILES string of the molecule is C[C@H](CNCC(=O)c1ccccc1)NS(=O)(=O)c1ccc2cnccc2c1.Cl.Cl. The number of rotatable bonds is 8. The Kier molecular flexibility index (Phi) is 9.68. The molecular weight excluding hydrogens is 433 g/mol. The minimum atomic E-state index is -3.65. The zero-order chi connectivity index (χ0) is 19.3. The van der Waals surface area contributed by atoms with E-state index in [4.69, 9.17) is 0 Å². The third-order valence-corrected chi connectivity index (χ3v) is 5.70. The van der Waals surface area contributed by atoms with Crippen LogP contribution in [0.25, 0.3) is 10.8 Å². The molecule has 1 atom stereocenters. The number of pyridine rings is 1. The van der Waals surface area contributed by atoms with Crippen molar-refractivity contribution in [1.82, 2.24) is 15.0 Å². The Hall–Kier alpha value is -2.03. The monoisotopic (exact) mass is 455 g/mol. The molecule has 0 aliphatic heterocycles. The molecule has 2 N–H and O–H groups in total. The summed E-state index contributed by atoms with van der Waals surface area (Å²) in [5, 5.41) is 4.69. The first kappa shape index (κ1) is 25.0. The zero-order valence-electron chi connectivity index (χ0n) is 15.7. The average molecular weight is 456 g/mol. The van der Waals surface area contributed by atoms with Crippen LogP contribution in [0, 0.1) is 0 Å². The van der Waals surface area contributed by atoms with Gasteiger partial charge in [0.05, 0.1) is 11.4 Å². The van der Waals surface area contributed by atoms with Crippen LogP contribution in [0.4, 0.5) is 0 Å². The number of carbonyl (C=O) groups is 1. The van der Waals surface area contributed by atoms with E-state index >= 15 is 0 Å². The van der Waals surface area contributed by atoms with Crippen LogP contribution in [0.2, 0.25) is 0 Å². The molecule has 9 heteroatoms. The fourth-order valence-electron chi connectivity index (χ4n) is 2.73. The zero-order valence-corrected chi connectivity index (χ0v) is 18.2. The predicted molar refractivity (Wildman–Crippen MR) is 120 cm³/mol. The minimum Gasteiger partial charge on any atom is -0.308 e. The second-order valence-corrected chi connectivity index (χ2v) is 8.04. The number of fused-ring (bicyclic) bond motifs is 1. The molecule has 156 valence electrons. The summed E-state index contributed by atoms with van der Waals surface area (Å²) in [5.41, 5.74) is 0.629. The Morgan fingerprint density at radius 1 is 1.03 bits per heavy atom. The normalized spacial score (nSPS) is 11.9. The lowest BCUT2D eigenvalue weighted by Crippen LogP contribution is -2.41. The summed E-state index contributed by atoms with van der Waals surface area (Å²) in [7, 11) is -3.65. The quantitative estimate of drug-likeness (QED) is 0.509. The molecule has 0 fully saturated rings. The van der Waals surface area contributed by atoms with Gasteiger partial charge in [-0.15, -0.1) is 24.8 Å². The Bertz CT molecular complexity index is 1050. The number of sulfonamides is 1. The number of ketones is 1. The summed E-state index contributed by atoms with van der Waals surface area (Å²) in [6.45, 7) is 2.25. The van der Waals surface area contributed by atoms with E-state index in [1.807, 2.05) is 18.2 Å². The average Bonchev–Trinajstić information content (AvgIpc) is 2.67. The lowest BCUT2D eigenvalue weighted by Gasteiger charge is -2.15. The molecule has 6 nitrogen and oxygen atoms in total. The highest BCUT2D eigenvalue weighted by Gasteiger charge is 2.18. The van der Waals surface area contributed by atoms with Crippen molar-refractivity contribution in [1.29, 1.82) is 0 Å². The highest BCUT2D eigenvalue weighted by Crippen LogP contribution is 2.18. The Morgan fingerprint density at radius 2 is 1.76 bits per heavy atom. The fraction of sp³-hybridized carbons (Fsp3) is 0.200. The number of aromatic nitrogens is 1. The molecule has 3 rings (SSSR count). The molecular formula is C20H23Cl2N3O3S. The van der Waals surface area contributed by atoms with Gasteiger partial charge in [-0.25, -0.2) is 13.1 Å². The summed E-state index contributed by atoms with van der Waals surface area (Å²) in [6, 6.07) is 15.3. The van der Waals surface area contributed by atoms with Gasteiger partial charge in [-0.2, -0.15) is 0 Å². The van der Waals surface area contributed by atoms with Crippen LogP contribution in [0.1, 0.15) is 17.3 Å². The first-order valence-corrected chi connectivity index (χ1v) is 10.1. The number of halogens is 2. The van der Waals surface area contributed by atoms with Crippen molar-refractivity contribution in [2.24, 2.45) is 0 Å². The molecule has 0 amide bonds. The van der Waals surface area contributed by atoms with E-state index in [2.05, 4.69) is 15.0 Å². The fourth-order valence-corrected chi connectivity index (χ4v) is 4.01. The Labute approximate surface area is 183 Å². The summed E-state index contributed by atoms with van der Waals surface area (Å²) in [6.07, 6.45) is 3.32. The van der Waals surface area contributed by atoms with E-state index in [1.54, 1.807) is 55.7 Å². The van der Waals surface area contributed by atoms with Crippen LogP contribution >= 0.6 is 24.8 Å². The lowest BCUT2D eigenvalue weighted by atomic mass is 10.1. The van der Waals surface area contributed by atoms with Gasteiger partial charge < -0.3 is 5.32 Å².